The molecule has 0 aliphatic rings. The van der Waals surface area contributed by atoms with Gasteiger partial charge in [-0.3, -0.25) is 19.6 Å². The van der Waals surface area contributed by atoms with Crippen LogP contribution >= 0.6 is 0 Å². The average Bonchev–Trinajstić information content (AvgIpc) is 2.79. The van der Waals surface area contributed by atoms with Crippen LogP contribution in [0.25, 0.3) is 0 Å². The van der Waals surface area contributed by atoms with Crippen LogP contribution in [-0.4, -0.2) is 35.8 Å². The zero-order valence-electron chi connectivity index (χ0n) is 19.1. The Labute approximate surface area is 194 Å². The molecule has 1 N–H and O–H groups in total. The van der Waals surface area contributed by atoms with Crippen LogP contribution in [0.2, 0.25) is 0 Å². The number of Topliss-reactive ketones (excluding diaryl/α,β-unsaturated/α-hetero) is 1. The molecule has 0 unspecified atom stereocenters. The summed E-state index contributed by atoms with van der Waals surface area (Å²) in [7, 11) is -3.27. The van der Waals surface area contributed by atoms with Gasteiger partial charge in [0.1, 0.15) is 5.69 Å². The van der Waals surface area contributed by atoms with Crippen molar-refractivity contribution in [3.63, 3.8) is 0 Å². The van der Waals surface area contributed by atoms with Gasteiger partial charge >= 0.3 is 0 Å². The zero-order valence-corrected chi connectivity index (χ0v) is 19.9. The Balaban J connectivity index is 1.65. The molecule has 172 valence electrons. The fraction of sp³-hybridized carbons (Fsp3) is 0.280. The van der Waals surface area contributed by atoms with Crippen molar-refractivity contribution in [1.29, 1.82) is 0 Å². The maximum atomic E-state index is 13.1. The van der Waals surface area contributed by atoms with Crippen molar-refractivity contribution < 1.29 is 18.0 Å². The standard InChI is InChI=1S/C25H27N3O4S/c1-5-33(31,32)21-9-6-18(7-10-21)15-23(29)28-20-8-11-22(27-16-20)24(30)25(3,4)19-12-13-26-17(2)14-19/h6-14,16H,5,15H2,1-4H3,(H,28,29). The summed E-state index contributed by atoms with van der Waals surface area (Å²) in [6.45, 7) is 7.16. The third-order valence-corrected chi connectivity index (χ3v) is 7.24. The van der Waals surface area contributed by atoms with Crippen molar-refractivity contribution in [1.82, 2.24) is 9.97 Å². The van der Waals surface area contributed by atoms with Crippen molar-refractivity contribution in [2.45, 2.75) is 44.4 Å². The zero-order chi connectivity index (χ0) is 24.2. The Hall–Kier alpha value is -3.39. The van der Waals surface area contributed by atoms with Crippen molar-refractivity contribution in [3.8, 4) is 0 Å². The van der Waals surface area contributed by atoms with Crippen molar-refractivity contribution in [2.24, 2.45) is 0 Å². The van der Waals surface area contributed by atoms with Crippen molar-refractivity contribution in [3.05, 3.63) is 83.4 Å². The van der Waals surface area contributed by atoms with Gasteiger partial charge in [0.05, 0.1) is 34.4 Å². The Morgan fingerprint density at radius 1 is 1.00 bits per heavy atom. The Morgan fingerprint density at radius 2 is 1.70 bits per heavy atom. The van der Waals surface area contributed by atoms with E-state index < -0.39 is 15.3 Å². The first-order chi connectivity index (χ1) is 15.5. The fourth-order valence-corrected chi connectivity index (χ4v) is 4.24. The first-order valence-electron chi connectivity index (χ1n) is 10.6. The van der Waals surface area contributed by atoms with Gasteiger partial charge in [-0.25, -0.2) is 8.42 Å². The number of anilines is 1. The first kappa shape index (κ1) is 24.3. The minimum Gasteiger partial charge on any atom is -0.324 e. The lowest BCUT2D eigenvalue weighted by molar-refractivity contribution is -0.115. The molecule has 1 amide bonds. The Morgan fingerprint density at radius 3 is 2.27 bits per heavy atom. The van der Waals surface area contributed by atoms with Gasteiger partial charge in [0.15, 0.2) is 15.6 Å². The number of aryl methyl sites for hydroxylation is 1. The minimum atomic E-state index is -3.27. The van der Waals surface area contributed by atoms with Gasteiger partial charge in [0, 0.05) is 11.9 Å². The molecular weight excluding hydrogens is 438 g/mol. The molecule has 0 atom stereocenters. The van der Waals surface area contributed by atoms with Crippen LogP contribution < -0.4 is 5.32 Å². The van der Waals surface area contributed by atoms with E-state index in [2.05, 4.69) is 15.3 Å². The van der Waals surface area contributed by atoms with Gasteiger partial charge in [0.2, 0.25) is 5.91 Å². The summed E-state index contributed by atoms with van der Waals surface area (Å²) in [6, 6.07) is 13.2. The van der Waals surface area contributed by atoms with Crippen LogP contribution in [0.4, 0.5) is 5.69 Å². The number of carbonyl (C=O) groups excluding carboxylic acids is 2. The minimum absolute atomic E-state index is 0.0255. The molecule has 0 saturated heterocycles. The molecule has 0 radical (unpaired) electrons. The number of nitrogens with one attached hydrogen (secondary N) is 1. The summed E-state index contributed by atoms with van der Waals surface area (Å²) in [4.78, 5) is 34.1. The quantitative estimate of drug-likeness (QED) is 0.506. The van der Waals surface area contributed by atoms with Crippen molar-refractivity contribution in [2.75, 3.05) is 11.1 Å². The number of carbonyl (C=O) groups is 2. The van der Waals surface area contributed by atoms with Gasteiger partial charge < -0.3 is 5.32 Å². The number of hydrogen-bond acceptors (Lipinski definition) is 6. The number of nitrogens with zero attached hydrogens (tertiary/aromatic N) is 2. The van der Waals surface area contributed by atoms with Crippen molar-refractivity contribution >= 4 is 27.2 Å². The molecule has 0 aliphatic heterocycles. The Bertz CT molecular complexity index is 1270. The number of rotatable bonds is 8. The smallest absolute Gasteiger partial charge is 0.228 e. The summed E-state index contributed by atoms with van der Waals surface area (Å²) < 4.78 is 23.8. The first-order valence-corrected chi connectivity index (χ1v) is 12.2. The molecule has 8 heteroatoms. The molecule has 3 rings (SSSR count). The number of ketones is 1. The van der Waals surface area contributed by atoms with Crippen LogP contribution in [0.3, 0.4) is 0 Å². The molecule has 2 aromatic heterocycles. The molecule has 7 nitrogen and oxygen atoms in total. The summed E-state index contributed by atoms with van der Waals surface area (Å²) >= 11 is 0. The van der Waals surface area contributed by atoms with E-state index in [9.17, 15) is 18.0 Å². The highest BCUT2D eigenvalue weighted by Crippen LogP contribution is 2.27. The van der Waals surface area contributed by atoms with Crippen LogP contribution in [0.1, 0.15) is 48.1 Å². The number of aromatic nitrogens is 2. The normalized spacial score (nSPS) is 11.8. The molecule has 0 saturated carbocycles. The van der Waals surface area contributed by atoms with E-state index in [-0.39, 0.29) is 28.8 Å². The maximum absolute atomic E-state index is 13.1. The van der Waals surface area contributed by atoms with E-state index in [1.165, 1.54) is 18.3 Å². The monoisotopic (exact) mass is 465 g/mol. The van der Waals surface area contributed by atoms with E-state index in [1.807, 2.05) is 32.9 Å². The molecule has 0 aliphatic carbocycles. The third kappa shape index (κ3) is 5.70. The second-order valence-corrected chi connectivity index (χ2v) is 10.6. The molecule has 0 fully saturated rings. The number of hydrogen-bond donors (Lipinski definition) is 1. The maximum Gasteiger partial charge on any atom is 0.228 e. The van der Waals surface area contributed by atoms with E-state index >= 15 is 0 Å². The van der Waals surface area contributed by atoms with Gasteiger partial charge in [-0.1, -0.05) is 19.1 Å². The topological polar surface area (TPSA) is 106 Å². The Kier molecular flexibility index (Phi) is 7.07. The van der Waals surface area contributed by atoms with Crippen LogP contribution in [-0.2, 0) is 26.5 Å². The molecule has 0 bridgehead atoms. The second-order valence-electron chi connectivity index (χ2n) is 8.34. The summed E-state index contributed by atoms with van der Waals surface area (Å²) in [5.74, 6) is -0.375. The van der Waals surface area contributed by atoms with E-state index in [0.717, 1.165) is 11.3 Å². The van der Waals surface area contributed by atoms with Crippen LogP contribution in [0.5, 0.6) is 0 Å². The van der Waals surface area contributed by atoms with Gasteiger partial charge in [-0.05, 0) is 68.3 Å². The largest absolute Gasteiger partial charge is 0.324 e. The molecular formula is C25H27N3O4S. The highest BCUT2D eigenvalue weighted by molar-refractivity contribution is 7.91. The predicted octanol–water partition coefficient (Wildman–Crippen LogP) is 3.92. The van der Waals surface area contributed by atoms with Crippen LogP contribution in [0, 0.1) is 6.92 Å². The van der Waals surface area contributed by atoms with Crippen LogP contribution in [0.15, 0.2) is 65.8 Å². The second kappa shape index (κ2) is 9.62. The number of pyridine rings is 2. The third-order valence-electron chi connectivity index (χ3n) is 5.49. The van der Waals surface area contributed by atoms with Gasteiger partial charge in [-0.15, -0.1) is 0 Å². The number of amides is 1. The highest BCUT2D eigenvalue weighted by atomic mass is 32.2. The number of benzene rings is 1. The highest BCUT2D eigenvalue weighted by Gasteiger charge is 2.31. The molecule has 2 heterocycles. The van der Waals surface area contributed by atoms with E-state index in [4.69, 9.17) is 0 Å². The fourth-order valence-electron chi connectivity index (χ4n) is 3.36. The SMILES string of the molecule is CCS(=O)(=O)c1ccc(CC(=O)Nc2ccc(C(=O)C(C)(C)c3ccnc(C)c3)nc2)cc1. The lowest BCUT2D eigenvalue weighted by Gasteiger charge is -2.23. The summed E-state index contributed by atoms with van der Waals surface area (Å²) in [5, 5.41) is 2.75. The summed E-state index contributed by atoms with van der Waals surface area (Å²) in [5.41, 5.74) is 2.39. The average molecular weight is 466 g/mol. The lowest BCUT2D eigenvalue weighted by Crippen LogP contribution is -2.30. The predicted molar refractivity (Wildman–Crippen MR) is 127 cm³/mol. The molecule has 1 aromatic carbocycles. The lowest BCUT2D eigenvalue weighted by atomic mass is 9.79. The number of sulfone groups is 1. The van der Waals surface area contributed by atoms with Gasteiger partial charge in [-0.2, -0.15) is 0 Å². The summed E-state index contributed by atoms with van der Waals surface area (Å²) in [6.07, 6.45) is 3.22. The molecule has 3 aromatic rings. The molecule has 33 heavy (non-hydrogen) atoms. The van der Waals surface area contributed by atoms with E-state index in [0.29, 0.717) is 16.9 Å². The van der Waals surface area contributed by atoms with Gasteiger partial charge in [0.25, 0.3) is 0 Å². The molecule has 0 spiro atoms. The van der Waals surface area contributed by atoms with E-state index in [1.54, 1.807) is 37.4 Å².